The van der Waals surface area contributed by atoms with Crippen LogP contribution in [0, 0.1) is 0 Å². The van der Waals surface area contributed by atoms with Crippen molar-refractivity contribution in [3.63, 3.8) is 0 Å². The summed E-state index contributed by atoms with van der Waals surface area (Å²) in [5.41, 5.74) is 8.21. The van der Waals surface area contributed by atoms with Crippen molar-refractivity contribution in [1.82, 2.24) is 0 Å². The summed E-state index contributed by atoms with van der Waals surface area (Å²) in [6, 6.07) is 12.3. The van der Waals surface area contributed by atoms with Crippen LogP contribution in [0.5, 0.6) is 0 Å². The van der Waals surface area contributed by atoms with Crippen LogP contribution < -0.4 is 10.6 Å². The number of cyclic esters (lactones) is 1. The Balaban J connectivity index is 1.93. The van der Waals surface area contributed by atoms with Crippen LogP contribution in [-0.2, 0) is 10.3 Å². The molecule has 1 saturated heterocycles. The smallest absolute Gasteiger partial charge is 0.414 e. The van der Waals surface area contributed by atoms with Crippen LogP contribution in [0.15, 0.2) is 36.4 Å². The Hall–Kier alpha value is -2.07. The lowest BCUT2D eigenvalue weighted by atomic mass is 9.96. The normalized spacial score (nSPS) is 20.2. The van der Waals surface area contributed by atoms with Gasteiger partial charge in [-0.25, -0.2) is 4.79 Å². The molecule has 0 unspecified atom stereocenters. The van der Waals surface area contributed by atoms with E-state index in [2.05, 4.69) is 18.2 Å². The highest BCUT2D eigenvalue weighted by molar-refractivity contribution is 5.96. The van der Waals surface area contributed by atoms with Gasteiger partial charge in [-0.2, -0.15) is 0 Å². The summed E-state index contributed by atoms with van der Waals surface area (Å²) in [6.07, 6.45) is 1.74. The molecule has 2 aromatic carbocycles. The first-order valence-corrected chi connectivity index (χ1v) is 6.94. The van der Waals surface area contributed by atoms with Gasteiger partial charge in [-0.3, -0.25) is 4.90 Å². The van der Waals surface area contributed by atoms with Gasteiger partial charge in [-0.05, 0) is 41.3 Å². The summed E-state index contributed by atoms with van der Waals surface area (Å²) < 4.78 is 5.03. The molecule has 102 valence electrons. The number of nitrogens with two attached hydrogens (primary N) is 1. The molecule has 0 bridgehead atoms. The van der Waals surface area contributed by atoms with Crippen molar-refractivity contribution in [3.05, 3.63) is 42.0 Å². The predicted octanol–water partition coefficient (Wildman–Crippen LogP) is 2.74. The topological polar surface area (TPSA) is 55.6 Å². The Morgan fingerprint density at radius 2 is 2.00 bits per heavy atom. The van der Waals surface area contributed by atoms with Crippen LogP contribution in [0.2, 0.25) is 0 Å². The molecule has 2 N–H and O–H groups in total. The molecule has 4 nitrogen and oxygen atoms in total. The average Bonchev–Trinajstić information content (AvgIpc) is 3.06. The van der Waals surface area contributed by atoms with E-state index in [-0.39, 0.29) is 11.6 Å². The molecule has 1 amide bonds. The van der Waals surface area contributed by atoms with Gasteiger partial charge in [0.1, 0.15) is 6.61 Å². The minimum atomic E-state index is -0.270. The monoisotopic (exact) mass is 268 g/mol. The molecule has 0 aromatic heterocycles. The van der Waals surface area contributed by atoms with Gasteiger partial charge < -0.3 is 10.5 Å². The lowest BCUT2D eigenvalue weighted by Gasteiger charge is -2.19. The Morgan fingerprint density at radius 1 is 1.20 bits per heavy atom. The fourth-order valence-electron chi connectivity index (χ4n) is 2.89. The van der Waals surface area contributed by atoms with Crippen molar-refractivity contribution in [2.45, 2.75) is 18.4 Å². The first-order valence-electron chi connectivity index (χ1n) is 6.94. The highest BCUT2D eigenvalue weighted by atomic mass is 16.6. The number of ether oxygens (including phenoxy) is 1. The number of nitrogens with zero attached hydrogens (tertiary/aromatic N) is 1. The number of carbonyl (C=O) groups is 1. The Labute approximate surface area is 117 Å². The minimum Gasteiger partial charge on any atom is -0.447 e. The second-order valence-electron chi connectivity index (χ2n) is 5.64. The maximum atomic E-state index is 11.8. The van der Waals surface area contributed by atoms with Crippen molar-refractivity contribution in [3.8, 4) is 0 Å². The van der Waals surface area contributed by atoms with E-state index in [9.17, 15) is 4.79 Å². The lowest BCUT2D eigenvalue weighted by molar-refractivity contribution is 0.181. The predicted molar refractivity (Wildman–Crippen MR) is 77.7 cm³/mol. The fraction of sp³-hybridized carbons (Fsp3) is 0.312. The SMILES string of the molecule is NC1(c2cc(N3CCOC3=O)cc3ccccc23)CC1. The summed E-state index contributed by atoms with van der Waals surface area (Å²) in [5.74, 6) is 0. The summed E-state index contributed by atoms with van der Waals surface area (Å²) in [7, 11) is 0. The molecule has 20 heavy (non-hydrogen) atoms. The number of amides is 1. The maximum absolute atomic E-state index is 11.8. The van der Waals surface area contributed by atoms with Gasteiger partial charge in [0.2, 0.25) is 0 Å². The van der Waals surface area contributed by atoms with E-state index in [0.29, 0.717) is 13.2 Å². The van der Waals surface area contributed by atoms with Crippen LogP contribution in [0.1, 0.15) is 18.4 Å². The lowest BCUT2D eigenvalue weighted by Crippen LogP contribution is -2.25. The van der Waals surface area contributed by atoms with Crippen molar-refractivity contribution in [2.24, 2.45) is 5.73 Å². The third-order valence-electron chi connectivity index (χ3n) is 4.24. The van der Waals surface area contributed by atoms with Crippen LogP contribution >= 0.6 is 0 Å². The Morgan fingerprint density at radius 3 is 2.70 bits per heavy atom. The maximum Gasteiger partial charge on any atom is 0.414 e. The van der Waals surface area contributed by atoms with Crippen molar-refractivity contribution in [2.75, 3.05) is 18.1 Å². The molecule has 0 spiro atoms. The molecule has 4 heteroatoms. The molecule has 4 rings (SSSR count). The second kappa shape index (κ2) is 3.96. The van der Waals surface area contributed by atoms with Crippen LogP contribution in [0.3, 0.4) is 0 Å². The number of rotatable bonds is 2. The third-order valence-corrected chi connectivity index (χ3v) is 4.24. The van der Waals surface area contributed by atoms with E-state index in [1.165, 1.54) is 5.39 Å². The Kier molecular flexibility index (Phi) is 2.32. The number of hydrogen-bond acceptors (Lipinski definition) is 3. The fourth-order valence-corrected chi connectivity index (χ4v) is 2.89. The zero-order chi connectivity index (χ0) is 13.7. The van der Waals surface area contributed by atoms with E-state index in [1.807, 2.05) is 18.2 Å². The summed E-state index contributed by atoms with van der Waals surface area (Å²) >= 11 is 0. The van der Waals surface area contributed by atoms with Gasteiger partial charge in [-0.15, -0.1) is 0 Å². The average molecular weight is 268 g/mol. The molecule has 2 fully saturated rings. The zero-order valence-corrected chi connectivity index (χ0v) is 11.1. The quantitative estimate of drug-likeness (QED) is 0.911. The largest absolute Gasteiger partial charge is 0.447 e. The van der Waals surface area contributed by atoms with Gasteiger partial charge in [0.15, 0.2) is 0 Å². The van der Waals surface area contributed by atoms with Gasteiger partial charge in [0.05, 0.1) is 6.54 Å². The first-order chi connectivity index (χ1) is 9.67. The van der Waals surface area contributed by atoms with Crippen molar-refractivity contribution in [1.29, 1.82) is 0 Å². The number of hydrogen-bond donors (Lipinski definition) is 1. The van der Waals surface area contributed by atoms with Crippen molar-refractivity contribution >= 4 is 22.6 Å². The molecule has 0 atom stereocenters. The molecule has 1 aliphatic carbocycles. The molecule has 2 aromatic rings. The second-order valence-corrected chi connectivity index (χ2v) is 5.64. The molecular weight excluding hydrogens is 252 g/mol. The number of benzene rings is 2. The Bertz CT molecular complexity index is 707. The van der Waals surface area contributed by atoms with E-state index >= 15 is 0 Å². The highest BCUT2D eigenvalue weighted by Gasteiger charge is 2.41. The van der Waals surface area contributed by atoms with Crippen molar-refractivity contribution < 1.29 is 9.53 Å². The minimum absolute atomic E-state index is 0.223. The molecule has 1 aliphatic heterocycles. The van der Waals surface area contributed by atoms with Crippen LogP contribution in [0.25, 0.3) is 10.8 Å². The number of carbonyl (C=O) groups excluding carboxylic acids is 1. The van der Waals surface area contributed by atoms with Gasteiger partial charge in [0.25, 0.3) is 0 Å². The molecule has 2 aliphatic rings. The molecular formula is C16H16N2O2. The molecule has 0 radical (unpaired) electrons. The van der Waals surface area contributed by atoms with Gasteiger partial charge in [0, 0.05) is 11.2 Å². The summed E-state index contributed by atoms with van der Waals surface area (Å²) in [5, 5.41) is 2.31. The standard InChI is InChI=1S/C16H16N2O2/c17-16(5-6-16)14-10-12(18-7-8-20-15(18)19)9-11-3-1-2-4-13(11)14/h1-4,9-10H,5-8,17H2. The summed E-state index contributed by atoms with van der Waals surface area (Å²) in [6.45, 7) is 1.06. The van der Waals surface area contributed by atoms with Crippen LogP contribution in [-0.4, -0.2) is 19.2 Å². The van der Waals surface area contributed by atoms with E-state index < -0.39 is 0 Å². The number of fused-ring (bicyclic) bond motifs is 1. The number of anilines is 1. The zero-order valence-electron chi connectivity index (χ0n) is 11.1. The molecule has 1 heterocycles. The van der Waals surface area contributed by atoms with E-state index in [1.54, 1.807) is 4.90 Å². The summed E-state index contributed by atoms with van der Waals surface area (Å²) in [4.78, 5) is 13.4. The van der Waals surface area contributed by atoms with Crippen LogP contribution in [0.4, 0.5) is 10.5 Å². The third kappa shape index (κ3) is 1.68. The molecule has 1 saturated carbocycles. The highest BCUT2D eigenvalue weighted by Crippen LogP contribution is 2.46. The van der Waals surface area contributed by atoms with E-state index in [0.717, 1.165) is 29.5 Å². The van der Waals surface area contributed by atoms with Gasteiger partial charge in [-0.1, -0.05) is 24.3 Å². The van der Waals surface area contributed by atoms with E-state index in [4.69, 9.17) is 10.5 Å². The van der Waals surface area contributed by atoms with Gasteiger partial charge >= 0.3 is 6.09 Å². The first kappa shape index (κ1) is 11.7.